The highest BCUT2D eigenvalue weighted by Crippen LogP contribution is 2.14. The van der Waals surface area contributed by atoms with Crippen LogP contribution >= 0.6 is 23.2 Å². The summed E-state index contributed by atoms with van der Waals surface area (Å²) in [5, 5.41) is 11.2. The van der Waals surface area contributed by atoms with Gasteiger partial charge in [-0.25, -0.2) is 4.68 Å². The summed E-state index contributed by atoms with van der Waals surface area (Å²) in [6.07, 6.45) is 3.29. The van der Waals surface area contributed by atoms with E-state index in [-0.39, 0.29) is 10.4 Å². The van der Waals surface area contributed by atoms with Crippen LogP contribution in [0.15, 0.2) is 18.5 Å². The molecule has 0 saturated carbocycles. The number of nitrogens with zero attached hydrogens (tertiary/aromatic N) is 5. The van der Waals surface area contributed by atoms with Gasteiger partial charge in [-0.1, -0.05) is 11.6 Å². The van der Waals surface area contributed by atoms with Crippen molar-refractivity contribution in [2.24, 2.45) is 0 Å². The van der Waals surface area contributed by atoms with Crippen LogP contribution < -0.4 is 0 Å². The van der Waals surface area contributed by atoms with E-state index in [0.29, 0.717) is 5.82 Å². The fraction of sp³-hybridized carbons (Fsp3) is 0. The Bertz CT molecular complexity index is 413. The van der Waals surface area contributed by atoms with Crippen molar-refractivity contribution in [2.45, 2.75) is 0 Å². The minimum atomic E-state index is 0.0369. The van der Waals surface area contributed by atoms with Crippen LogP contribution in [0.3, 0.4) is 0 Å². The Hall–Kier alpha value is -1.20. The quantitative estimate of drug-likeness (QED) is 0.722. The molecule has 0 saturated heterocycles. The van der Waals surface area contributed by atoms with Gasteiger partial charge in [0, 0.05) is 12.4 Å². The maximum absolute atomic E-state index is 5.73. The third-order valence-electron chi connectivity index (χ3n) is 1.32. The van der Waals surface area contributed by atoms with Crippen LogP contribution in [0.4, 0.5) is 0 Å². The Morgan fingerprint density at radius 2 is 2.08 bits per heavy atom. The van der Waals surface area contributed by atoms with Crippen LogP contribution in [0, 0.1) is 0 Å². The molecule has 2 aromatic heterocycles. The molecule has 0 amide bonds. The zero-order valence-electron chi connectivity index (χ0n) is 6.22. The summed E-state index contributed by atoms with van der Waals surface area (Å²) in [6.45, 7) is 0. The Balaban J connectivity index is 2.57. The molecule has 0 fully saturated rings. The Kier molecular flexibility index (Phi) is 2.12. The van der Waals surface area contributed by atoms with Gasteiger partial charge < -0.3 is 0 Å². The second-order valence-corrected chi connectivity index (χ2v) is 2.84. The zero-order chi connectivity index (χ0) is 9.26. The van der Waals surface area contributed by atoms with Gasteiger partial charge in [0.25, 0.3) is 0 Å². The van der Waals surface area contributed by atoms with Crippen molar-refractivity contribution in [1.82, 2.24) is 25.0 Å². The highest BCUT2D eigenvalue weighted by Gasteiger charge is 2.07. The summed E-state index contributed by atoms with van der Waals surface area (Å²) < 4.78 is 1.46. The fourth-order valence-corrected chi connectivity index (χ4v) is 1.11. The van der Waals surface area contributed by atoms with E-state index in [1.54, 1.807) is 18.5 Å². The first kappa shape index (κ1) is 8.40. The Morgan fingerprint density at radius 1 is 1.23 bits per heavy atom. The second-order valence-electron chi connectivity index (χ2n) is 2.15. The summed E-state index contributed by atoms with van der Waals surface area (Å²) >= 11 is 11.3. The van der Waals surface area contributed by atoms with Gasteiger partial charge in [-0.05, 0) is 17.7 Å². The van der Waals surface area contributed by atoms with Crippen LogP contribution in [0.5, 0.6) is 0 Å². The smallest absolute Gasteiger partial charge is 0.220 e. The first-order valence-electron chi connectivity index (χ1n) is 3.33. The number of hydrogen-bond donors (Lipinski definition) is 0. The van der Waals surface area contributed by atoms with Gasteiger partial charge in [-0.15, -0.1) is 10.2 Å². The highest BCUT2D eigenvalue weighted by molar-refractivity contribution is 6.31. The van der Waals surface area contributed by atoms with E-state index in [2.05, 4.69) is 20.3 Å². The van der Waals surface area contributed by atoms with Crippen LogP contribution in [0.2, 0.25) is 10.4 Å². The molecule has 13 heavy (non-hydrogen) atoms. The molecule has 0 aromatic carbocycles. The number of hydrogen-bond acceptors (Lipinski definition) is 4. The summed E-state index contributed by atoms with van der Waals surface area (Å²) in [5.41, 5.74) is 0. The molecule has 0 atom stereocenters. The molecule has 0 aliphatic rings. The molecule has 2 aromatic rings. The van der Waals surface area contributed by atoms with E-state index in [9.17, 15) is 0 Å². The molecule has 5 nitrogen and oxygen atoms in total. The Morgan fingerprint density at radius 3 is 2.77 bits per heavy atom. The largest absolute Gasteiger partial charge is 0.245 e. The molecule has 0 spiro atoms. The lowest BCUT2D eigenvalue weighted by atomic mass is 10.7. The van der Waals surface area contributed by atoms with Crippen molar-refractivity contribution >= 4 is 23.2 Å². The van der Waals surface area contributed by atoms with E-state index in [1.807, 2.05) is 0 Å². The molecule has 0 aliphatic heterocycles. The minimum Gasteiger partial charge on any atom is -0.220 e. The van der Waals surface area contributed by atoms with Crippen molar-refractivity contribution in [2.75, 3.05) is 0 Å². The first-order valence-corrected chi connectivity index (χ1v) is 4.08. The van der Waals surface area contributed by atoms with Crippen molar-refractivity contribution in [3.8, 4) is 5.82 Å². The molecular weight excluding hydrogens is 213 g/mol. The summed E-state index contributed by atoms with van der Waals surface area (Å²) in [5.74, 6) is 0.367. The monoisotopic (exact) mass is 215 g/mol. The van der Waals surface area contributed by atoms with Crippen LogP contribution in [-0.4, -0.2) is 25.0 Å². The van der Waals surface area contributed by atoms with Gasteiger partial charge in [0.1, 0.15) is 0 Å². The molecular formula is C6H3Cl2N5. The van der Waals surface area contributed by atoms with Gasteiger partial charge >= 0.3 is 0 Å². The van der Waals surface area contributed by atoms with E-state index >= 15 is 0 Å². The van der Waals surface area contributed by atoms with E-state index < -0.39 is 0 Å². The summed E-state index contributed by atoms with van der Waals surface area (Å²) in [4.78, 5) is 3.88. The molecule has 0 N–H and O–H groups in total. The number of halogens is 2. The number of rotatable bonds is 1. The van der Waals surface area contributed by atoms with Gasteiger partial charge in [-0.3, -0.25) is 0 Å². The maximum Gasteiger partial charge on any atom is 0.245 e. The molecule has 0 radical (unpaired) electrons. The van der Waals surface area contributed by atoms with Crippen LogP contribution in [0.25, 0.3) is 5.82 Å². The van der Waals surface area contributed by atoms with Crippen LogP contribution in [0.1, 0.15) is 0 Å². The summed E-state index contributed by atoms with van der Waals surface area (Å²) in [6, 6.07) is 1.74. The fourth-order valence-electron chi connectivity index (χ4n) is 0.826. The maximum atomic E-state index is 5.73. The first-order chi connectivity index (χ1) is 6.27. The molecule has 7 heteroatoms. The van der Waals surface area contributed by atoms with Crippen molar-refractivity contribution in [1.29, 1.82) is 0 Å². The Labute approximate surface area is 83.3 Å². The molecule has 2 rings (SSSR count). The standard InChI is InChI=1S/C6H3Cl2N5/c7-4-5(10-6(8)12-11-4)13-3-1-2-9-13/h1-3H. The topological polar surface area (TPSA) is 56.5 Å². The zero-order valence-corrected chi connectivity index (χ0v) is 7.74. The molecule has 2 heterocycles. The predicted octanol–water partition coefficient (Wildman–Crippen LogP) is 1.36. The van der Waals surface area contributed by atoms with Crippen molar-refractivity contribution < 1.29 is 0 Å². The van der Waals surface area contributed by atoms with E-state index in [0.717, 1.165) is 0 Å². The molecule has 66 valence electrons. The normalized spacial score (nSPS) is 10.3. The number of aromatic nitrogens is 5. The minimum absolute atomic E-state index is 0.0369. The molecule has 0 bridgehead atoms. The van der Waals surface area contributed by atoms with Gasteiger partial charge in [0.05, 0.1) is 0 Å². The third-order valence-corrected chi connectivity index (χ3v) is 1.73. The average molecular weight is 216 g/mol. The average Bonchev–Trinajstić information content (AvgIpc) is 2.61. The summed E-state index contributed by atoms with van der Waals surface area (Å²) in [7, 11) is 0. The van der Waals surface area contributed by atoms with Crippen molar-refractivity contribution in [3.63, 3.8) is 0 Å². The van der Waals surface area contributed by atoms with Gasteiger partial charge in [-0.2, -0.15) is 10.1 Å². The van der Waals surface area contributed by atoms with E-state index in [4.69, 9.17) is 23.2 Å². The lowest BCUT2D eigenvalue weighted by molar-refractivity contribution is 0.814. The second kappa shape index (κ2) is 3.27. The SMILES string of the molecule is Clc1nnc(Cl)c(-n2cccn2)n1. The van der Waals surface area contributed by atoms with Crippen molar-refractivity contribution in [3.05, 3.63) is 28.9 Å². The third kappa shape index (κ3) is 1.61. The van der Waals surface area contributed by atoms with Gasteiger partial charge in [0.15, 0.2) is 11.0 Å². The van der Waals surface area contributed by atoms with Gasteiger partial charge in [0.2, 0.25) is 5.28 Å². The molecule has 0 aliphatic carbocycles. The molecule has 0 unspecified atom stereocenters. The lowest BCUT2D eigenvalue weighted by Crippen LogP contribution is -2.02. The van der Waals surface area contributed by atoms with E-state index in [1.165, 1.54) is 4.68 Å². The lowest BCUT2D eigenvalue weighted by Gasteiger charge is -2.00. The van der Waals surface area contributed by atoms with Crippen LogP contribution in [-0.2, 0) is 0 Å². The highest BCUT2D eigenvalue weighted by atomic mass is 35.5. The predicted molar refractivity (Wildman–Crippen MR) is 47.0 cm³/mol.